The Hall–Kier alpha value is -1.67. The molecular weight excluding hydrogens is 294 g/mol. The van der Waals surface area contributed by atoms with E-state index in [2.05, 4.69) is 10.0 Å². The summed E-state index contributed by atoms with van der Waals surface area (Å²) in [5.74, 6) is 0. The molecule has 0 radical (unpaired) electrons. The number of hydrogen-bond donors (Lipinski definition) is 2. The number of benzene rings is 1. The van der Waals surface area contributed by atoms with Crippen LogP contribution in [-0.2, 0) is 10.0 Å². The Kier molecular flexibility index (Phi) is 4.20. The fourth-order valence-electron chi connectivity index (χ4n) is 1.93. The molecule has 2 N–H and O–H groups in total. The summed E-state index contributed by atoms with van der Waals surface area (Å²) in [5.41, 5.74) is 0.118. The number of nitro groups is 1. The quantitative estimate of drug-likeness (QED) is 0.593. The molecule has 2 rings (SSSR count). The molecule has 1 fully saturated rings. The molecule has 1 aliphatic rings. The maximum Gasteiger partial charge on any atom is 0.289 e. The van der Waals surface area contributed by atoms with Crippen molar-refractivity contribution >= 4 is 21.4 Å². The Labute approximate surface area is 123 Å². The van der Waals surface area contributed by atoms with Crippen molar-refractivity contribution in [1.29, 1.82) is 0 Å². The van der Waals surface area contributed by atoms with E-state index >= 15 is 0 Å². The molecule has 0 heterocycles. The number of anilines is 1. The summed E-state index contributed by atoms with van der Waals surface area (Å²) in [7, 11) is -3.90. The molecule has 8 heteroatoms. The van der Waals surface area contributed by atoms with Gasteiger partial charge in [0, 0.05) is 24.8 Å². The Balaban J connectivity index is 2.33. The van der Waals surface area contributed by atoms with Crippen molar-refractivity contribution in [3.05, 3.63) is 28.3 Å². The van der Waals surface area contributed by atoms with Crippen molar-refractivity contribution in [3.8, 4) is 0 Å². The lowest BCUT2D eigenvalue weighted by molar-refractivity contribution is -0.387. The van der Waals surface area contributed by atoms with Crippen LogP contribution in [0, 0.1) is 15.5 Å². The first-order valence-corrected chi connectivity index (χ1v) is 8.28. The molecule has 116 valence electrons. The van der Waals surface area contributed by atoms with Gasteiger partial charge in [-0.15, -0.1) is 0 Å². The van der Waals surface area contributed by atoms with Gasteiger partial charge in [-0.2, -0.15) is 0 Å². The van der Waals surface area contributed by atoms with Crippen LogP contribution in [0.4, 0.5) is 11.4 Å². The van der Waals surface area contributed by atoms with Crippen LogP contribution in [0.15, 0.2) is 23.1 Å². The molecule has 1 aromatic carbocycles. The van der Waals surface area contributed by atoms with Gasteiger partial charge in [-0.05, 0) is 37.3 Å². The Bertz CT molecular complexity index is 653. The molecule has 0 spiro atoms. The summed E-state index contributed by atoms with van der Waals surface area (Å²) in [6.07, 6.45) is 1.93. The van der Waals surface area contributed by atoms with E-state index < -0.39 is 20.6 Å². The first-order valence-electron chi connectivity index (χ1n) is 6.79. The SMILES string of the molecule is CCNc1ccc([N+](=O)[O-])c(S(=O)(=O)NCC2(C)CC2)c1. The van der Waals surface area contributed by atoms with Gasteiger partial charge in [-0.1, -0.05) is 6.92 Å². The molecule has 0 saturated heterocycles. The fourth-order valence-corrected chi connectivity index (χ4v) is 3.33. The maximum atomic E-state index is 12.3. The number of nitro benzene ring substituents is 1. The summed E-state index contributed by atoms with van der Waals surface area (Å²) in [6, 6.07) is 4.02. The van der Waals surface area contributed by atoms with Crippen LogP contribution in [0.5, 0.6) is 0 Å². The van der Waals surface area contributed by atoms with Gasteiger partial charge in [0.15, 0.2) is 4.90 Å². The van der Waals surface area contributed by atoms with Gasteiger partial charge >= 0.3 is 0 Å². The summed E-state index contributed by atoms with van der Waals surface area (Å²) in [6.45, 7) is 4.75. The minimum atomic E-state index is -3.90. The van der Waals surface area contributed by atoms with Crippen LogP contribution < -0.4 is 10.0 Å². The second kappa shape index (κ2) is 5.61. The van der Waals surface area contributed by atoms with Crippen molar-refractivity contribution in [2.75, 3.05) is 18.4 Å². The van der Waals surface area contributed by atoms with E-state index in [-0.39, 0.29) is 10.3 Å². The number of sulfonamides is 1. The third kappa shape index (κ3) is 3.70. The van der Waals surface area contributed by atoms with Gasteiger partial charge in [-0.25, -0.2) is 13.1 Å². The smallest absolute Gasteiger partial charge is 0.289 e. The van der Waals surface area contributed by atoms with Gasteiger partial charge in [0.25, 0.3) is 5.69 Å². The lowest BCUT2D eigenvalue weighted by Crippen LogP contribution is -2.29. The highest BCUT2D eigenvalue weighted by molar-refractivity contribution is 7.89. The van der Waals surface area contributed by atoms with Gasteiger partial charge in [0.05, 0.1) is 4.92 Å². The fraction of sp³-hybridized carbons (Fsp3) is 0.538. The average molecular weight is 313 g/mol. The molecule has 0 aliphatic heterocycles. The molecule has 21 heavy (non-hydrogen) atoms. The highest BCUT2D eigenvalue weighted by Crippen LogP contribution is 2.44. The van der Waals surface area contributed by atoms with Gasteiger partial charge in [0.1, 0.15) is 0 Å². The maximum absolute atomic E-state index is 12.3. The monoisotopic (exact) mass is 313 g/mol. The van der Waals surface area contributed by atoms with Crippen LogP contribution in [0.2, 0.25) is 0 Å². The van der Waals surface area contributed by atoms with Gasteiger partial charge < -0.3 is 5.32 Å². The van der Waals surface area contributed by atoms with Crippen molar-refractivity contribution in [1.82, 2.24) is 4.72 Å². The summed E-state index contributed by atoms with van der Waals surface area (Å²) < 4.78 is 27.2. The normalized spacial score (nSPS) is 16.5. The molecule has 0 aromatic heterocycles. The average Bonchev–Trinajstić information content (AvgIpc) is 3.15. The summed E-state index contributed by atoms with van der Waals surface area (Å²) >= 11 is 0. The molecule has 1 saturated carbocycles. The predicted molar refractivity (Wildman–Crippen MR) is 79.8 cm³/mol. The minimum Gasteiger partial charge on any atom is -0.385 e. The van der Waals surface area contributed by atoms with E-state index in [9.17, 15) is 18.5 Å². The molecule has 1 aromatic rings. The Morgan fingerprint density at radius 1 is 1.38 bits per heavy atom. The van der Waals surface area contributed by atoms with Crippen LogP contribution in [0.1, 0.15) is 26.7 Å². The number of nitrogens with zero attached hydrogens (tertiary/aromatic N) is 1. The lowest BCUT2D eigenvalue weighted by Gasteiger charge is -2.12. The van der Waals surface area contributed by atoms with E-state index in [0.29, 0.717) is 18.8 Å². The minimum absolute atomic E-state index is 0.0128. The lowest BCUT2D eigenvalue weighted by atomic mass is 10.2. The van der Waals surface area contributed by atoms with Crippen molar-refractivity contribution in [2.45, 2.75) is 31.6 Å². The van der Waals surface area contributed by atoms with E-state index in [0.717, 1.165) is 12.8 Å². The number of rotatable bonds is 7. The van der Waals surface area contributed by atoms with Crippen LogP contribution in [0.25, 0.3) is 0 Å². The zero-order valence-electron chi connectivity index (χ0n) is 12.0. The topological polar surface area (TPSA) is 101 Å². The molecule has 0 atom stereocenters. The summed E-state index contributed by atoms with van der Waals surface area (Å²) in [5, 5.41) is 14.0. The molecule has 0 amide bonds. The first kappa shape index (κ1) is 15.7. The highest BCUT2D eigenvalue weighted by atomic mass is 32.2. The predicted octanol–water partition coefficient (Wildman–Crippen LogP) is 2.10. The zero-order valence-corrected chi connectivity index (χ0v) is 12.9. The number of hydrogen-bond acceptors (Lipinski definition) is 5. The van der Waals surface area contributed by atoms with Crippen molar-refractivity contribution < 1.29 is 13.3 Å². The number of nitrogens with one attached hydrogen (secondary N) is 2. The molecular formula is C13H19N3O4S. The largest absolute Gasteiger partial charge is 0.385 e. The molecule has 1 aliphatic carbocycles. The van der Waals surface area contributed by atoms with Gasteiger partial charge in [-0.3, -0.25) is 10.1 Å². The molecule has 0 bridgehead atoms. The summed E-state index contributed by atoms with van der Waals surface area (Å²) in [4.78, 5) is 10.1. The standard InChI is InChI=1S/C13H19N3O4S/c1-3-14-10-4-5-11(16(17)18)12(8-10)21(19,20)15-9-13(2)6-7-13/h4-5,8,14-15H,3,6-7,9H2,1-2H3. The second-order valence-corrected chi connectivity index (χ2v) is 7.34. The van der Waals surface area contributed by atoms with Crippen molar-refractivity contribution in [3.63, 3.8) is 0 Å². The zero-order chi connectivity index (χ0) is 15.7. The molecule has 0 unspecified atom stereocenters. The first-order chi connectivity index (χ1) is 9.77. The van der Waals surface area contributed by atoms with E-state index in [1.54, 1.807) is 0 Å². The third-order valence-electron chi connectivity index (χ3n) is 3.62. The van der Waals surface area contributed by atoms with Crippen LogP contribution >= 0.6 is 0 Å². The van der Waals surface area contributed by atoms with E-state index in [1.807, 2.05) is 13.8 Å². The van der Waals surface area contributed by atoms with Crippen molar-refractivity contribution in [2.24, 2.45) is 5.41 Å². The van der Waals surface area contributed by atoms with Gasteiger partial charge in [0.2, 0.25) is 10.0 Å². The third-order valence-corrected chi connectivity index (χ3v) is 5.05. The highest BCUT2D eigenvalue weighted by Gasteiger charge is 2.39. The van der Waals surface area contributed by atoms with Crippen LogP contribution in [0.3, 0.4) is 0 Å². The molecule has 7 nitrogen and oxygen atoms in total. The van der Waals surface area contributed by atoms with E-state index in [1.165, 1.54) is 18.2 Å². The Morgan fingerprint density at radius 3 is 2.57 bits per heavy atom. The second-order valence-electron chi connectivity index (χ2n) is 5.61. The Morgan fingerprint density at radius 2 is 2.05 bits per heavy atom. The van der Waals surface area contributed by atoms with Crippen LogP contribution in [-0.4, -0.2) is 26.4 Å². The van der Waals surface area contributed by atoms with E-state index in [4.69, 9.17) is 0 Å².